The van der Waals surface area contributed by atoms with E-state index in [1.165, 1.54) is 6.07 Å². The van der Waals surface area contributed by atoms with Gasteiger partial charge >= 0.3 is 11.9 Å². The molecule has 3 aromatic rings. The summed E-state index contributed by atoms with van der Waals surface area (Å²) >= 11 is 0. The first-order valence-electron chi connectivity index (χ1n) is 9.70. The highest BCUT2D eigenvalue weighted by molar-refractivity contribution is 5.89. The summed E-state index contributed by atoms with van der Waals surface area (Å²) in [6.07, 6.45) is 2.95. The molecular formula is C22H23FN4O4. The van der Waals surface area contributed by atoms with Crippen LogP contribution >= 0.6 is 0 Å². The minimum absolute atomic E-state index is 0.188. The summed E-state index contributed by atoms with van der Waals surface area (Å²) in [6.45, 7) is 4.82. The number of nitrogens with zero attached hydrogens (tertiary/aromatic N) is 3. The van der Waals surface area contributed by atoms with Crippen molar-refractivity contribution >= 4 is 28.7 Å². The number of aliphatic carboxylic acids is 2. The number of pyridine rings is 1. The number of anilines is 1. The molecule has 162 valence electrons. The number of carboxylic acids is 2. The zero-order chi connectivity index (χ0) is 22.2. The summed E-state index contributed by atoms with van der Waals surface area (Å²) in [5.41, 5.74) is 2.13. The number of carboxylic acid groups (broad SMARTS) is 2. The second kappa shape index (κ2) is 10.4. The topological polar surface area (TPSA) is 110 Å². The molecule has 2 aromatic heterocycles. The number of hydrogen-bond acceptors (Lipinski definition) is 5. The van der Waals surface area contributed by atoms with Gasteiger partial charge in [0.25, 0.3) is 0 Å². The predicted molar refractivity (Wildman–Crippen MR) is 114 cm³/mol. The molecule has 3 N–H and O–H groups in total. The van der Waals surface area contributed by atoms with Gasteiger partial charge in [-0.1, -0.05) is 6.07 Å². The van der Waals surface area contributed by atoms with Crippen molar-refractivity contribution in [3.8, 4) is 0 Å². The molecule has 1 aliphatic heterocycles. The lowest BCUT2D eigenvalue weighted by Crippen LogP contribution is -2.46. The van der Waals surface area contributed by atoms with Crippen LogP contribution in [0.4, 0.5) is 10.2 Å². The number of aromatic nitrogens is 2. The molecule has 0 aliphatic carbocycles. The third-order valence-corrected chi connectivity index (χ3v) is 4.75. The van der Waals surface area contributed by atoms with Gasteiger partial charge in [0.15, 0.2) is 0 Å². The van der Waals surface area contributed by atoms with Crippen LogP contribution in [0.2, 0.25) is 0 Å². The maximum atomic E-state index is 13.3. The van der Waals surface area contributed by atoms with E-state index >= 15 is 0 Å². The molecule has 1 saturated heterocycles. The largest absolute Gasteiger partial charge is 0.478 e. The predicted octanol–water partition coefficient (Wildman–Crippen LogP) is 2.74. The molecule has 0 atom stereocenters. The minimum atomic E-state index is -1.26. The Kier molecular flexibility index (Phi) is 7.34. The zero-order valence-corrected chi connectivity index (χ0v) is 16.7. The number of nitrogens with one attached hydrogen (secondary N) is 1. The van der Waals surface area contributed by atoms with E-state index in [4.69, 9.17) is 10.2 Å². The van der Waals surface area contributed by atoms with Gasteiger partial charge in [0, 0.05) is 67.7 Å². The molecule has 0 amide bonds. The minimum Gasteiger partial charge on any atom is -0.478 e. The van der Waals surface area contributed by atoms with Crippen LogP contribution in [0.1, 0.15) is 5.69 Å². The smallest absolute Gasteiger partial charge is 0.328 e. The second-order valence-corrected chi connectivity index (χ2v) is 6.99. The maximum Gasteiger partial charge on any atom is 0.328 e. The lowest BCUT2D eigenvalue weighted by molar-refractivity contribution is -0.134. The monoisotopic (exact) mass is 426 g/mol. The van der Waals surface area contributed by atoms with Gasteiger partial charge in [-0.3, -0.25) is 4.90 Å². The fraction of sp³-hybridized carbons (Fsp3) is 0.227. The number of piperazine rings is 1. The Bertz CT molecular complexity index is 1040. The van der Waals surface area contributed by atoms with Gasteiger partial charge < -0.3 is 20.1 Å². The lowest BCUT2D eigenvalue weighted by atomic mass is 10.2. The van der Waals surface area contributed by atoms with E-state index in [0.717, 1.165) is 55.1 Å². The Morgan fingerprint density at radius 2 is 1.74 bits per heavy atom. The van der Waals surface area contributed by atoms with Crippen LogP contribution in [0.25, 0.3) is 10.9 Å². The van der Waals surface area contributed by atoms with Gasteiger partial charge in [-0.15, -0.1) is 0 Å². The van der Waals surface area contributed by atoms with Crippen LogP contribution in [-0.4, -0.2) is 63.2 Å². The molecule has 8 nitrogen and oxygen atoms in total. The van der Waals surface area contributed by atoms with E-state index in [-0.39, 0.29) is 5.82 Å². The van der Waals surface area contributed by atoms with Crippen molar-refractivity contribution in [3.05, 3.63) is 72.3 Å². The van der Waals surface area contributed by atoms with E-state index in [0.29, 0.717) is 12.2 Å². The third-order valence-electron chi connectivity index (χ3n) is 4.75. The SMILES string of the molecule is Fc1ccc2[nH]c(CN3CCN(c4ccccn4)CC3)cc2c1.O=C(O)C=CC(=O)O. The number of carbonyl (C=O) groups is 2. The number of H-pyrrole nitrogens is 1. The van der Waals surface area contributed by atoms with Crippen molar-refractivity contribution in [2.75, 3.05) is 31.1 Å². The van der Waals surface area contributed by atoms with Gasteiger partial charge in [0.05, 0.1) is 0 Å². The first-order chi connectivity index (χ1) is 14.9. The highest BCUT2D eigenvalue weighted by Crippen LogP contribution is 2.19. The van der Waals surface area contributed by atoms with Crippen molar-refractivity contribution in [2.24, 2.45) is 0 Å². The number of benzene rings is 1. The van der Waals surface area contributed by atoms with Crippen LogP contribution in [-0.2, 0) is 16.1 Å². The molecule has 0 unspecified atom stereocenters. The second-order valence-electron chi connectivity index (χ2n) is 6.99. The molecule has 9 heteroatoms. The van der Waals surface area contributed by atoms with Gasteiger partial charge in [-0.25, -0.2) is 19.0 Å². The van der Waals surface area contributed by atoms with Gasteiger partial charge in [-0.05, 0) is 36.4 Å². The molecule has 1 aromatic carbocycles. The first-order valence-corrected chi connectivity index (χ1v) is 9.70. The Morgan fingerprint density at radius 3 is 2.35 bits per heavy atom. The number of halogens is 1. The lowest BCUT2D eigenvalue weighted by Gasteiger charge is -2.35. The molecule has 3 heterocycles. The van der Waals surface area contributed by atoms with E-state index in [1.807, 2.05) is 24.4 Å². The molecule has 0 spiro atoms. The van der Waals surface area contributed by atoms with Gasteiger partial charge in [0.1, 0.15) is 11.6 Å². The van der Waals surface area contributed by atoms with E-state index in [2.05, 4.69) is 25.8 Å². The molecule has 1 fully saturated rings. The molecular weight excluding hydrogens is 403 g/mol. The van der Waals surface area contributed by atoms with Crippen LogP contribution < -0.4 is 4.90 Å². The Balaban J connectivity index is 0.000000293. The Hall–Kier alpha value is -3.72. The summed E-state index contributed by atoms with van der Waals surface area (Å²) in [7, 11) is 0. The fourth-order valence-corrected chi connectivity index (χ4v) is 3.31. The summed E-state index contributed by atoms with van der Waals surface area (Å²) in [6, 6.07) is 12.9. The molecule has 0 saturated carbocycles. The Labute approximate surface area is 178 Å². The first kappa shape index (κ1) is 22.0. The summed E-state index contributed by atoms with van der Waals surface area (Å²) in [4.78, 5) is 31.6. The number of aromatic amines is 1. The van der Waals surface area contributed by atoms with Gasteiger partial charge in [0.2, 0.25) is 0 Å². The summed E-state index contributed by atoms with van der Waals surface area (Å²) in [5, 5.41) is 16.6. The highest BCUT2D eigenvalue weighted by atomic mass is 19.1. The van der Waals surface area contributed by atoms with Crippen molar-refractivity contribution in [3.63, 3.8) is 0 Å². The van der Waals surface area contributed by atoms with E-state index < -0.39 is 11.9 Å². The number of rotatable bonds is 5. The molecule has 4 rings (SSSR count). The van der Waals surface area contributed by atoms with E-state index in [1.54, 1.807) is 12.1 Å². The maximum absolute atomic E-state index is 13.3. The molecule has 0 radical (unpaired) electrons. The normalized spacial score (nSPS) is 14.4. The van der Waals surface area contributed by atoms with Crippen LogP contribution in [0, 0.1) is 5.82 Å². The average Bonchev–Trinajstić information content (AvgIpc) is 3.15. The highest BCUT2D eigenvalue weighted by Gasteiger charge is 2.18. The van der Waals surface area contributed by atoms with Crippen molar-refractivity contribution < 1.29 is 24.2 Å². The molecule has 1 aliphatic rings. The third kappa shape index (κ3) is 6.65. The number of fused-ring (bicyclic) bond motifs is 1. The molecule has 0 bridgehead atoms. The van der Waals surface area contributed by atoms with Gasteiger partial charge in [-0.2, -0.15) is 0 Å². The number of hydrogen-bond donors (Lipinski definition) is 3. The van der Waals surface area contributed by atoms with Crippen LogP contribution in [0.3, 0.4) is 0 Å². The quantitative estimate of drug-likeness (QED) is 0.538. The van der Waals surface area contributed by atoms with Crippen LogP contribution in [0.5, 0.6) is 0 Å². The average molecular weight is 426 g/mol. The molecule has 31 heavy (non-hydrogen) atoms. The van der Waals surface area contributed by atoms with Crippen molar-refractivity contribution in [1.29, 1.82) is 0 Å². The fourth-order valence-electron chi connectivity index (χ4n) is 3.31. The van der Waals surface area contributed by atoms with Crippen molar-refractivity contribution in [2.45, 2.75) is 6.54 Å². The Morgan fingerprint density at radius 1 is 1.03 bits per heavy atom. The summed E-state index contributed by atoms with van der Waals surface area (Å²) < 4.78 is 13.3. The van der Waals surface area contributed by atoms with Crippen LogP contribution in [0.15, 0.2) is 60.8 Å². The van der Waals surface area contributed by atoms with E-state index in [9.17, 15) is 14.0 Å². The summed E-state index contributed by atoms with van der Waals surface area (Å²) in [5.74, 6) is -1.65. The van der Waals surface area contributed by atoms with Crippen molar-refractivity contribution in [1.82, 2.24) is 14.9 Å². The zero-order valence-electron chi connectivity index (χ0n) is 16.7. The standard InChI is InChI=1S/C18H19FN4.C4H4O4/c19-15-4-5-17-14(11-15)12-16(21-17)13-22-7-9-23(10-8-22)18-3-1-2-6-20-18;5-3(6)1-2-4(7)8/h1-6,11-12,21H,7-10,13H2;1-2H,(H,5,6)(H,7,8).